The van der Waals surface area contributed by atoms with Gasteiger partial charge in [0.05, 0.1) is 23.3 Å². The number of hydrogen-bond acceptors (Lipinski definition) is 7. The average Bonchev–Trinajstić information content (AvgIpc) is 3.36. The van der Waals surface area contributed by atoms with Crippen molar-refractivity contribution < 1.29 is 39.7 Å². The first-order valence-corrected chi connectivity index (χ1v) is 16.5. The Kier molecular flexibility index (Phi) is 9.48. The Morgan fingerprint density at radius 1 is 0.975 bits per heavy atom. The first-order valence-electron chi connectivity index (χ1n) is 12.5. The first kappa shape index (κ1) is 30.4. The Labute approximate surface area is 242 Å². The van der Waals surface area contributed by atoms with E-state index >= 15 is 0 Å². The van der Waals surface area contributed by atoms with Crippen LogP contribution in [0, 0.1) is 0 Å². The van der Waals surface area contributed by atoms with Gasteiger partial charge in [0.2, 0.25) is 11.5 Å². The molecule has 14 heteroatoms. The molecule has 2 heterocycles. The molecule has 0 radical (unpaired) electrons. The van der Waals surface area contributed by atoms with E-state index in [1.54, 1.807) is 41.0 Å². The van der Waals surface area contributed by atoms with Gasteiger partial charge in [-0.1, -0.05) is 30.1 Å². The molecule has 10 nitrogen and oxygen atoms in total. The summed E-state index contributed by atoms with van der Waals surface area (Å²) in [6.45, 7) is 2.64. The van der Waals surface area contributed by atoms with E-state index in [2.05, 4.69) is 0 Å². The van der Waals surface area contributed by atoms with E-state index in [4.69, 9.17) is 36.9 Å². The molecule has 0 saturated heterocycles. The summed E-state index contributed by atoms with van der Waals surface area (Å²) in [5.74, 6) is 0.826. The third-order valence-corrected chi connectivity index (χ3v) is 8.31. The molecule has 0 amide bonds. The number of aromatic nitrogens is 1. The minimum absolute atomic E-state index is 0.157. The number of oxazole rings is 1. The fourth-order valence-corrected chi connectivity index (χ4v) is 5.74. The second-order valence-electron chi connectivity index (χ2n) is 9.26. The third-order valence-electron chi connectivity index (χ3n) is 6.23. The molecule has 0 bridgehead atoms. The summed E-state index contributed by atoms with van der Waals surface area (Å²) in [6, 6.07) is 10.4. The van der Waals surface area contributed by atoms with Crippen LogP contribution in [0.4, 0.5) is 5.69 Å². The largest absolute Gasteiger partial charge is 0.439 e. The van der Waals surface area contributed by atoms with E-state index in [1.165, 1.54) is 0 Å². The summed E-state index contributed by atoms with van der Waals surface area (Å²) < 4.78 is 77.1. The van der Waals surface area contributed by atoms with Crippen molar-refractivity contribution in [1.82, 2.24) is 0 Å². The van der Waals surface area contributed by atoms with Crippen LogP contribution in [0.2, 0.25) is 10.0 Å². The lowest BCUT2D eigenvalue weighted by atomic mass is 10.1. The van der Waals surface area contributed by atoms with Crippen molar-refractivity contribution in [2.24, 2.45) is 0 Å². The molecule has 0 spiro atoms. The predicted molar refractivity (Wildman–Crippen MR) is 154 cm³/mol. The highest BCUT2D eigenvalue weighted by atomic mass is 35.5. The van der Waals surface area contributed by atoms with Crippen LogP contribution in [0.25, 0.3) is 17.2 Å². The van der Waals surface area contributed by atoms with Gasteiger partial charge in [-0.25, -0.2) is 0 Å². The van der Waals surface area contributed by atoms with Crippen LogP contribution in [0.3, 0.4) is 0 Å². The minimum atomic E-state index is -4.12. The molecule has 4 rings (SSSR count). The quantitative estimate of drug-likeness (QED) is 0.150. The summed E-state index contributed by atoms with van der Waals surface area (Å²) in [6.07, 6.45) is 5.15. The lowest BCUT2D eigenvalue weighted by Gasteiger charge is -2.18. The fourth-order valence-electron chi connectivity index (χ4n) is 4.35. The van der Waals surface area contributed by atoms with Gasteiger partial charge in [-0.15, -0.1) is 0 Å². The van der Waals surface area contributed by atoms with Crippen LogP contribution >= 0.6 is 23.2 Å². The van der Waals surface area contributed by atoms with Gasteiger partial charge in [0.15, 0.2) is 12.3 Å². The van der Waals surface area contributed by atoms with E-state index in [1.807, 2.05) is 24.0 Å². The van der Waals surface area contributed by atoms with Crippen molar-refractivity contribution in [3.63, 3.8) is 0 Å². The number of anilines is 1. The number of allylic oxidation sites excluding steroid dienone is 2. The van der Waals surface area contributed by atoms with Crippen molar-refractivity contribution in [2.75, 3.05) is 23.0 Å². The number of rotatable bonds is 12. The van der Waals surface area contributed by atoms with Gasteiger partial charge in [0.1, 0.15) is 0 Å². The van der Waals surface area contributed by atoms with Crippen LogP contribution in [0.1, 0.15) is 38.5 Å². The van der Waals surface area contributed by atoms with Gasteiger partial charge in [-0.3, -0.25) is 9.11 Å². The molecular weight excluding hydrogens is 603 g/mol. The number of halogens is 2. The normalized spacial score (nSPS) is 15.2. The molecule has 1 aliphatic heterocycles. The van der Waals surface area contributed by atoms with Crippen LogP contribution in [-0.4, -0.2) is 44.0 Å². The Morgan fingerprint density at radius 2 is 1.65 bits per heavy atom. The number of unbranched alkanes of at least 4 members (excludes halogenated alkanes) is 1. The lowest BCUT2D eigenvalue weighted by molar-refractivity contribution is -0.677. The Balaban J connectivity index is 1.68. The summed E-state index contributed by atoms with van der Waals surface area (Å²) >= 11 is 12.4. The van der Waals surface area contributed by atoms with Gasteiger partial charge < -0.3 is 14.1 Å². The number of nitrogens with zero attached hydrogens (tertiary/aromatic N) is 2. The summed E-state index contributed by atoms with van der Waals surface area (Å²) in [5, 5.41) is 1.01. The molecule has 3 aromatic rings. The van der Waals surface area contributed by atoms with Crippen molar-refractivity contribution >= 4 is 66.3 Å². The van der Waals surface area contributed by atoms with Crippen LogP contribution < -0.4 is 14.2 Å². The summed E-state index contributed by atoms with van der Waals surface area (Å²) in [7, 11) is -8.18. The third kappa shape index (κ3) is 7.99. The van der Waals surface area contributed by atoms with Gasteiger partial charge in [-0.05, 0) is 55.2 Å². The molecule has 216 valence electrons. The van der Waals surface area contributed by atoms with Crippen molar-refractivity contribution in [2.45, 2.75) is 39.2 Å². The minimum Gasteiger partial charge on any atom is -0.439 e. The zero-order valence-electron chi connectivity index (χ0n) is 21.6. The number of ether oxygens (including phenoxy) is 1. The second-order valence-corrected chi connectivity index (χ2v) is 13.3. The predicted octanol–water partition coefficient (Wildman–Crippen LogP) is 5.51. The maximum atomic E-state index is 11.3. The number of benzene rings is 2. The highest BCUT2D eigenvalue weighted by molar-refractivity contribution is 7.86. The van der Waals surface area contributed by atoms with E-state index in [9.17, 15) is 21.4 Å². The van der Waals surface area contributed by atoms with Crippen LogP contribution in [-0.2, 0) is 26.8 Å². The zero-order chi connectivity index (χ0) is 29.1. The maximum Gasteiger partial charge on any atom is 0.374 e. The number of fused-ring (bicyclic) bond motifs is 2. The first-order chi connectivity index (χ1) is 18.8. The molecule has 0 saturated carbocycles. The smallest absolute Gasteiger partial charge is 0.374 e. The molecule has 1 aliphatic rings. The van der Waals surface area contributed by atoms with Gasteiger partial charge in [0, 0.05) is 35.2 Å². The molecule has 0 aliphatic carbocycles. The topological polar surface area (TPSA) is 138 Å². The Bertz CT molecular complexity index is 1680. The molecule has 40 heavy (non-hydrogen) atoms. The molecule has 1 aromatic heterocycles. The molecule has 0 atom stereocenters. The standard InChI is InChI=1S/C26H28Cl2N2O8S2/c1-2-18(15-26-30(11-5-13-40(34,35)36)22-17-20(28)7-9-24(22)38-26)14-25-29(10-3-4-12-39(31,32)33)21-16-19(27)6-8-23(21)37-25/h6-9,14-17H,2-5,10-13H2,1H3,(H-,31,32,33,34,35,36)/p+1. The highest BCUT2D eigenvalue weighted by Gasteiger charge is 2.27. The maximum absolute atomic E-state index is 11.3. The monoisotopic (exact) mass is 631 g/mol. The Hall–Kier alpha value is -2.61. The molecule has 0 fully saturated rings. The average molecular weight is 633 g/mol. The van der Waals surface area contributed by atoms with Gasteiger partial charge in [-0.2, -0.15) is 21.4 Å². The molecular formula is C26H29Cl2N2O8S2+. The molecule has 0 unspecified atom stereocenters. The lowest BCUT2D eigenvalue weighted by Crippen LogP contribution is -2.36. The number of aryl methyl sites for hydroxylation is 1. The van der Waals surface area contributed by atoms with E-state index in [0.717, 1.165) is 11.3 Å². The van der Waals surface area contributed by atoms with Crippen molar-refractivity contribution in [1.29, 1.82) is 0 Å². The van der Waals surface area contributed by atoms with Crippen LogP contribution in [0.15, 0.2) is 58.3 Å². The molecule has 2 aromatic carbocycles. The fraction of sp³-hybridized carbons (Fsp3) is 0.346. The number of hydrogen-bond donors (Lipinski definition) is 2. The Morgan fingerprint density at radius 3 is 2.35 bits per heavy atom. The van der Waals surface area contributed by atoms with E-state index in [-0.39, 0.29) is 25.1 Å². The SMILES string of the molecule is CCC(=Cc1oc2ccc(Cl)cc2[n+]1CCCS(=O)(=O)O)C=C1Oc2ccc(Cl)cc2N1CCCCS(=O)(=O)O. The highest BCUT2D eigenvalue weighted by Crippen LogP contribution is 2.41. The van der Waals surface area contributed by atoms with Crippen molar-refractivity contribution in [3.8, 4) is 5.75 Å². The molecule has 2 N–H and O–H groups in total. The second kappa shape index (κ2) is 12.5. The summed E-state index contributed by atoms with van der Waals surface area (Å²) in [4.78, 5) is 1.90. The van der Waals surface area contributed by atoms with E-state index in [0.29, 0.717) is 58.1 Å². The van der Waals surface area contributed by atoms with Crippen LogP contribution in [0.5, 0.6) is 5.75 Å². The van der Waals surface area contributed by atoms with Gasteiger partial charge in [0.25, 0.3) is 25.8 Å². The zero-order valence-corrected chi connectivity index (χ0v) is 24.7. The van der Waals surface area contributed by atoms with Gasteiger partial charge >= 0.3 is 5.89 Å². The van der Waals surface area contributed by atoms with Crippen molar-refractivity contribution in [3.05, 3.63) is 69.9 Å². The van der Waals surface area contributed by atoms with E-state index < -0.39 is 26.0 Å². The summed E-state index contributed by atoms with van der Waals surface area (Å²) in [5.41, 5.74) is 2.80.